The molecule has 102 valence electrons. The fourth-order valence-electron chi connectivity index (χ4n) is 1.76. The number of nitrogens with one attached hydrogen (secondary N) is 1. The Kier molecular flexibility index (Phi) is 7.37. The summed E-state index contributed by atoms with van der Waals surface area (Å²) >= 11 is 0. The van der Waals surface area contributed by atoms with Crippen LogP contribution in [0.5, 0.6) is 5.88 Å². The van der Waals surface area contributed by atoms with Crippen LogP contribution >= 0.6 is 0 Å². The molecule has 0 unspecified atom stereocenters. The maximum Gasteiger partial charge on any atom is 0.217 e. The third-order valence-electron chi connectivity index (χ3n) is 2.96. The summed E-state index contributed by atoms with van der Waals surface area (Å²) in [7, 11) is 0. The Bertz CT molecular complexity index is 327. The SMILES string of the molecule is CCNCc1cccnc1OCCN(CC)CC. The lowest BCUT2D eigenvalue weighted by molar-refractivity contribution is 0.216. The highest BCUT2D eigenvalue weighted by molar-refractivity contribution is 5.25. The van der Waals surface area contributed by atoms with Gasteiger partial charge in [-0.05, 0) is 25.7 Å². The highest BCUT2D eigenvalue weighted by atomic mass is 16.5. The Hall–Kier alpha value is -1.13. The van der Waals surface area contributed by atoms with Crippen LogP contribution in [0.1, 0.15) is 26.3 Å². The molecule has 1 N–H and O–H groups in total. The van der Waals surface area contributed by atoms with Gasteiger partial charge in [-0.15, -0.1) is 0 Å². The second-order valence-electron chi connectivity index (χ2n) is 4.12. The quantitative estimate of drug-likeness (QED) is 0.727. The average Bonchev–Trinajstić information content (AvgIpc) is 2.42. The Balaban J connectivity index is 2.45. The third kappa shape index (κ3) is 5.02. The molecule has 0 saturated heterocycles. The molecular weight excluding hydrogens is 226 g/mol. The van der Waals surface area contributed by atoms with E-state index in [-0.39, 0.29) is 0 Å². The van der Waals surface area contributed by atoms with Crippen LogP contribution in [0.25, 0.3) is 0 Å². The lowest BCUT2D eigenvalue weighted by atomic mass is 10.2. The summed E-state index contributed by atoms with van der Waals surface area (Å²) in [6, 6.07) is 4.01. The van der Waals surface area contributed by atoms with Crippen LogP contribution in [0.2, 0.25) is 0 Å². The van der Waals surface area contributed by atoms with Crippen molar-refractivity contribution in [2.24, 2.45) is 0 Å². The molecule has 18 heavy (non-hydrogen) atoms. The normalized spacial score (nSPS) is 10.9. The van der Waals surface area contributed by atoms with Crippen molar-refractivity contribution in [2.75, 3.05) is 32.8 Å². The fraction of sp³-hybridized carbons (Fsp3) is 0.643. The summed E-state index contributed by atoms with van der Waals surface area (Å²) in [5, 5.41) is 3.30. The summed E-state index contributed by atoms with van der Waals surface area (Å²) in [6.07, 6.45) is 1.78. The van der Waals surface area contributed by atoms with Gasteiger partial charge in [-0.1, -0.05) is 26.8 Å². The average molecular weight is 251 g/mol. The molecule has 0 aliphatic heterocycles. The number of hydrogen-bond acceptors (Lipinski definition) is 4. The fourth-order valence-corrected chi connectivity index (χ4v) is 1.76. The molecule has 0 aliphatic rings. The summed E-state index contributed by atoms with van der Waals surface area (Å²) in [4.78, 5) is 6.64. The number of likely N-dealkylation sites (N-methyl/N-ethyl adjacent to an activating group) is 1. The van der Waals surface area contributed by atoms with Gasteiger partial charge < -0.3 is 15.0 Å². The van der Waals surface area contributed by atoms with Crippen molar-refractivity contribution < 1.29 is 4.74 Å². The van der Waals surface area contributed by atoms with Gasteiger partial charge in [-0.3, -0.25) is 0 Å². The standard InChI is InChI=1S/C14H25N3O/c1-4-15-12-13-8-7-9-16-14(13)18-11-10-17(5-2)6-3/h7-9,15H,4-6,10-12H2,1-3H3. The van der Waals surface area contributed by atoms with Gasteiger partial charge >= 0.3 is 0 Å². The van der Waals surface area contributed by atoms with Crippen molar-refractivity contribution in [3.05, 3.63) is 23.9 Å². The van der Waals surface area contributed by atoms with Gasteiger partial charge in [0, 0.05) is 24.8 Å². The second kappa shape index (κ2) is 8.89. The Morgan fingerprint density at radius 2 is 2.06 bits per heavy atom. The predicted molar refractivity (Wildman–Crippen MR) is 74.9 cm³/mol. The number of hydrogen-bond donors (Lipinski definition) is 1. The minimum absolute atomic E-state index is 0.692. The third-order valence-corrected chi connectivity index (χ3v) is 2.96. The molecule has 0 amide bonds. The molecular formula is C14H25N3O. The maximum absolute atomic E-state index is 5.78. The van der Waals surface area contributed by atoms with Crippen molar-refractivity contribution in [3.8, 4) is 5.88 Å². The van der Waals surface area contributed by atoms with E-state index in [1.807, 2.05) is 6.07 Å². The van der Waals surface area contributed by atoms with Gasteiger partial charge in [0.25, 0.3) is 0 Å². The van der Waals surface area contributed by atoms with Gasteiger partial charge in [0.15, 0.2) is 0 Å². The van der Waals surface area contributed by atoms with Crippen molar-refractivity contribution in [1.29, 1.82) is 0 Å². The van der Waals surface area contributed by atoms with Crippen LogP contribution in [0.4, 0.5) is 0 Å². The van der Waals surface area contributed by atoms with Crippen LogP contribution in [0, 0.1) is 0 Å². The molecule has 0 aliphatic carbocycles. The number of rotatable bonds is 9. The van der Waals surface area contributed by atoms with Gasteiger partial charge in [-0.25, -0.2) is 4.98 Å². The van der Waals surface area contributed by atoms with Crippen molar-refractivity contribution in [2.45, 2.75) is 27.3 Å². The van der Waals surface area contributed by atoms with Crippen LogP contribution < -0.4 is 10.1 Å². The first-order valence-electron chi connectivity index (χ1n) is 6.81. The molecule has 0 fully saturated rings. The zero-order valence-corrected chi connectivity index (χ0v) is 11.8. The smallest absolute Gasteiger partial charge is 0.217 e. The molecule has 0 spiro atoms. The Morgan fingerprint density at radius 3 is 2.72 bits per heavy atom. The highest BCUT2D eigenvalue weighted by Crippen LogP contribution is 2.13. The van der Waals surface area contributed by atoms with Crippen LogP contribution in [-0.4, -0.2) is 42.7 Å². The van der Waals surface area contributed by atoms with E-state index >= 15 is 0 Å². The first kappa shape index (κ1) is 14.9. The molecule has 1 aromatic heterocycles. The van der Waals surface area contributed by atoms with Gasteiger partial charge in [-0.2, -0.15) is 0 Å². The van der Waals surface area contributed by atoms with E-state index in [0.717, 1.165) is 44.2 Å². The van der Waals surface area contributed by atoms with Crippen LogP contribution in [0.15, 0.2) is 18.3 Å². The summed E-state index contributed by atoms with van der Waals surface area (Å²) in [5.41, 5.74) is 1.12. The van der Waals surface area contributed by atoms with E-state index in [4.69, 9.17) is 4.74 Å². The zero-order chi connectivity index (χ0) is 13.2. The van der Waals surface area contributed by atoms with Crippen LogP contribution in [0.3, 0.4) is 0 Å². The predicted octanol–water partition coefficient (Wildman–Crippen LogP) is 1.91. The van der Waals surface area contributed by atoms with Crippen LogP contribution in [-0.2, 0) is 6.54 Å². The van der Waals surface area contributed by atoms with E-state index in [0.29, 0.717) is 6.61 Å². The van der Waals surface area contributed by atoms with E-state index in [1.165, 1.54) is 0 Å². The molecule has 0 radical (unpaired) electrons. The Labute approximate surface area is 110 Å². The second-order valence-corrected chi connectivity index (χ2v) is 4.12. The van der Waals surface area contributed by atoms with Crippen molar-refractivity contribution in [3.63, 3.8) is 0 Å². The lowest BCUT2D eigenvalue weighted by Gasteiger charge is -2.18. The zero-order valence-electron chi connectivity index (χ0n) is 11.8. The molecule has 4 nitrogen and oxygen atoms in total. The van der Waals surface area contributed by atoms with E-state index in [2.05, 4.69) is 42.0 Å². The molecule has 0 atom stereocenters. The lowest BCUT2D eigenvalue weighted by Crippen LogP contribution is -2.28. The largest absolute Gasteiger partial charge is 0.476 e. The number of nitrogens with zero attached hydrogens (tertiary/aromatic N) is 2. The van der Waals surface area contributed by atoms with E-state index in [9.17, 15) is 0 Å². The number of ether oxygens (including phenoxy) is 1. The van der Waals surface area contributed by atoms with Crippen molar-refractivity contribution >= 4 is 0 Å². The molecule has 4 heteroatoms. The summed E-state index contributed by atoms with van der Waals surface area (Å²) in [6.45, 7) is 12.0. The topological polar surface area (TPSA) is 37.4 Å². The molecule has 0 saturated carbocycles. The molecule has 0 bridgehead atoms. The summed E-state index contributed by atoms with van der Waals surface area (Å²) in [5.74, 6) is 0.755. The van der Waals surface area contributed by atoms with Crippen molar-refractivity contribution in [1.82, 2.24) is 15.2 Å². The van der Waals surface area contributed by atoms with E-state index in [1.54, 1.807) is 6.20 Å². The maximum atomic E-state index is 5.78. The molecule has 1 aromatic rings. The molecule has 0 aromatic carbocycles. The minimum Gasteiger partial charge on any atom is -0.476 e. The minimum atomic E-state index is 0.692. The van der Waals surface area contributed by atoms with Gasteiger partial charge in [0.2, 0.25) is 5.88 Å². The molecule has 1 rings (SSSR count). The van der Waals surface area contributed by atoms with Gasteiger partial charge in [0.05, 0.1) is 0 Å². The first-order chi connectivity index (χ1) is 8.81. The van der Waals surface area contributed by atoms with E-state index < -0.39 is 0 Å². The summed E-state index contributed by atoms with van der Waals surface area (Å²) < 4.78 is 5.78. The highest BCUT2D eigenvalue weighted by Gasteiger charge is 2.05. The number of pyridine rings is 1. The van der Waals surface area contributed by atoms with Gasteiger partial charge in [0.1, 0.15) is 6.61 Å². The molecule has 1 heterocycles. The number of aromatic nitrogens is 1. The first-order valence-corrected chi connectivity index (χ1v) is 6.81. The Morgan fingerprint density at radius 1 is 1.28 bits per heavy atom. The monoisotopic (exact) mass is 251 g/mol.